The summed E-state index contributed by atoms with van der Waals surface area (Å²) in [6.45, 7) is 5.83. The molecule has 0 fully saturated rings. The Bertz CT molecular complexity index is 857. The maximum Gasteiger partial charge on any atom is 0.416 e. The number of halogens is 4. The van der Waals surface area contributed by atoms with Gasteiger partial charge in [-0.05, 0) is 50.6 Å². The Labute approximate surface area is 171 Å². The first kappa shape index (κ1) is 23.3. The van der Waals surface area contributed by atoms with Crippen LogP contribution in [0.15, 0.2) is 30.3 Å². The molecule has 2 aromatic carbocycles. The van der Waals surface area contributed by atoms with Gasteiger partial charge in [0, 0.05) is 12.1 Å². The number of benzene rings is 2. The Balaban J connectivity index is 2.31. The molecular formula is C21H23F4NO4. The lowest BCUT2D eigenvalue weighted by Crippen LogP contribution is -2.25. The van der Waals surface area contributed by atoms with Crippen LogP contribution in [0.5, 0.6) is 17.2 Å². The molecule has 0 radical (unpaired) electrons. The summed E-state index contributed by atoms with van der Waals surface area (Å²) < 4.78 is 69.3. The van der Waals surface area contributed by atoms with Crippen LogP contribution in [0.1, 0.15) is 42.3 Å². The molecule has 1 N–H and O–H groups in total. The van der Waals surface area contributed by atoms with Gasteiger partial charge in [0.15, 0.2) is 11.5 Å². The van der Waals surface area contributed by atoms with Crippen LogP contribution in [0.25, 0.3) is 0 Å². The van der Waals surface area contributed by atoms with Crippen molar-refractivity contribution in [3.63, 3.8) is 0 Å². The van der Waals surface area contributed by atoms with Crippen molar-refractivity contribution in [3.8, 4) is 17.2 Å². The second kappa shape index (κ2) is 10.2. The SMILES string of the molecule is CCOc1cc(C(=O)NCc2ccc(F)cc2C(F)(F)F)cc(OCC)c1OCC. The average Bonchev–Trinajstić information content (AvgIpc) is 2.68. The molecule has 0 aliphatic rings. The fourth-order valence-electron chi connectivity index (χ4n) is 2.76. The minimum absolute atomic E-state index is 0.126. The lowest BCUT2D eigenvalue weighted by atomic mass is 10.1. The molecule has 0 heterocycles. The van der Waals surface area contributed by atoms with Crippen LogP contribution in [0.4, 0.5) is 17.6 Å². The van der Waals surface area contributed by atoms with Crippen molar-refractivity contribution in [2.45, 2.75) is 33.5 Å². The number of ether oxygens (including phenoxy) is 3. The van der Waals surface area contributed by atoms with E-state index in [4.69, 9.17) is 14.2 Å². The lowest BCUT2D eigenvalue weighted by Gasteiger charge is -2.17. The highest BCUT2D eigenvalue weighted by molar-refractivity contribution is 5.95. The second-order valence-electron chi connectivity index (χ2n) is 6.08. The number of carbonyl (C=O) groups excluding carboxylic acids is 1. The Morgan fingerprint density at radius 2 is 1.50 bits per heavy atom. The van der Waals surface area contributed by atoms with Crippen molar-refractivity contribution in [2.75, 3.05) is 19.8 Å². The smallest absolute Gasteiger partial charge is 0.416 e. The predicted molar refractivity (Wildman–Crippen MR) is 103 cm³/mol. The zero-order chi connectivity index (χ0) is 22.3. The van der Waals surface area contributed by atoms with Crippen molar-refractivity contribution >= 4 is 5.91 Å². The number of nitrogens with one attached hydrogen (secondary N) is 1. The van der Waals surface area contributed by atoms with Crippen molar-refractivity contribution in [2.24, 2.45) is 0 Å². The monoisotopic (exact) mass is 429 g/mol. The molecule has 0 spiro atoms. The normalized spacial score (nSPS) is 11.2. The molecular weight excluding hydrogens is 406 g/mol. The van der Waals surface area contributed by atoms with Gasteiger partial charge >= 0.3 is 6.18 Å². The molecule has 1 amide bonds. The quantitative estimate of drug-likeness (QED) is 0.572. The minimum atomic E-state index is -4.74. The van der Waals surface area contributed by atoms with Crippen LogP contribution >= 0.6 is 0 Å². The Morgan fingerprint density at radius 1 is 0.933 bits per heavy atom. The number of amides is 1. The standard InChI is InChI=1S/C21H23F4NO4/c1-4-28-17-9-14(10-18(29-5-2)19(17)30-6-3)20(27)26-12-13-7-8-15(22)11-16(13)21(23,24)25/h7-11H,4-6,12H2,1-3H3,(H,26,27). The highest BCUT2D eigenvalue weighted by Gasteiger charge is 2.33. The summed E-state index contributed by atoms with van der Waals surface area (Å²) in [6, 6.07) is 5.17. The number of carbonyl (C=O) groups is 1. The highest BCUT2D eigenvalue weighted by Crippen LogP contribution is 2.39. The van der Waals surface area contributed by atoms with Gasteiger partial charge in [-0.15, -0.1) is 0 Å². The van der Waals surface area contributed by atoms with E-state index in [9.17, 15) is 22.4 Å². The van der Waals surface area contributed by atoms with Gasteiger partial charge in [-0.2, -0.15) is 13.2 Å². The summed E-state index contributed by atoms with van der Waals surface area (Å²) in [5.74, 6) is -0.735. The van der Waals surface area contributed by atoms with E-state index in [-0.39, 0.29) is 22.6 Å². The van der Waals surface area contributed by atoms with Gasteiger partial charge in [0.1, 0.15) is 5.82 Å². The first-order valence-corrected chi connectivity index (χ1v) is 9.41. The van der Waals surface area contributed by atoms with E-state index in [1.165, 1.54) is 12.1 Å². The van der Waals surface area contributed by atoms with E-state index >= 15 is 0 Å². The molecule has 0 unspecified atom stereocenters. The van der Waals surface area contributed by atoms with Gasteiger partial charge in [0.25, 0.3) is 5.91 Å². The average molecular weight is 429 g/mol. The molecule has 164 valence electrons. The topological polar surface area (TPSA) is 56.8 Å². The number of hydrogen-bond donors (Lipinski definition) is 1. The Kier molecular flexibility index (Phi) is 7.91. The number of hydrogen-bond acceptors (Lipinski definition) is 4. The fraction of sp³-hybridized carbons (Fsp3) is 0.381. The summed E-state index contributed by atoms with van der Waals surface area (Å²) in [4.78, 5) is 12.6. The van der Waals surface area contributed by atoms with E-state index in [0.29, 0.717) is 31.6 Å². The highest BCUT2D eigenvalue weighted by atomic mass is 19.4. The van der Waals surface area contributed by atoms with Gasteiger partial charge in [0.05, 0.1) is 25.4 Å². The molecule has 5 nitrogen and oxygen atoms in total. The van der Waals surface area contributed by atoms with Gasteiger partial charge in [-0.25, -0.2) is 4.39 Å². The first-order valence-electron chi connectivity index (χ1n) is 9.41. The largest absolute Gasteiger partial charge is 0.490 e. The lowest BCUT2D eigenvalue weighted by molar-refractivity contribution is -0.138. The molecule has 0 saturated carbocycles. The number of alkyl halides is 3. The Morgan fingerprint density at radius 3 is 2.00 bits per heavy atom. The molecule has 30 heavy (non-hydrogen) atoms. The molecule has 0 aromatic heterocycles. The van der Waals surface area contributed by atoms with Crippen molar-refractivity contribution < 1.29 is 36.6 Å². The zero-order valence-electron chi connectivity index (χ0n) is 16.9. The van der Waals surface area contributed by atoms with Crippen molar-refractivity contribution in [1.29, 1.82) is 0 Å². The molecule has 0 atom stereocenters. The van der Waals surface area contributed by atoms with Crippen LogP contribution in [-0.4, -0.2) is 25.7 Å². The maximum atomic E-state index is 13.2. The van der Waals surface area contributed by atoms with E-state index in [2.05, 4.69) is 5.32 Å². The second-order valence-corrected chi connectivity index (χ2v) is 6.08. The fourth-order valence-corrected chi connectivity index (χ4v) is 2.76. The van der Waals surface area contributed by atoms with E-state index in [1.807, 2.05) is 0 Å². The minimum Gasteiger partial charge on any atom is -0.490 e. The van der Waals surface area contributed by atoms with E-state index < -0.39 is 30.0 Å². The molecule has 0 aliphatic heterocycles. The third-order valence-electron chi connectivity index (χ3n) is 3.99. The molecule has 0 aliphatic carbocycles. The number of rotatable bonds is 9. The van der Waals surface area contributed by atoms with Crippen molar-refractivity contribution in [1.82, 2.24) is 5.32 Å². The maximum absolute atomic E-state index is 13.2. The summed E-state index contributed by atoms with van der Waals surface area (Å²) in [5.41, 5.74) is -1.27. The first-order chi connectivity index (χ1) is 14.2. The van der Waals surface area contributed by atoms with Gasteiger partial charge in [-0.1, -0.05) is 6.07 Å². The van der Waals surface area contributed by atoms with Crippen LogP contribution in [0.2, 0.25) is 0 Å². The van der Waals surface area contributed by atoms with Crippen LogP contribution in [0.3, 0.4) is 0 Å². The van der Waals surface area contributed by atoms with E-state index in [1.54, 1.807) is 20.8 Å². The summed E-state index contributed by atoms with van der Waals surface area (Å²) >= 11 is 0. The van der Waals surface area contributed by atoms with Crippen LogP contribution in [-0.2, 0) is 12.7 Å². The molecule has 2 aromatic rings. The molecule has 0 bridgehead atoms. The Hall–Kier alpha value is -2.97. The van der Waals surface area contributed by atoms with Gasteiger partial charge in [-0.3, -0.25) is 4.79 Å². The zero-order valence-corrected chi connectivity index (χ0v) is 16.9. The van der Waals surface area contributed by atoms with Gasteiger partial charge in [0.2, 0.25) is 5.75 Å². The van der Waals surface area contributed by atoms with Gasteiger partial charge < -0.3 is 19.5 Å². The summed E-state index contributed by atoms with van der Waals surface area (Å²) in [5, 5.41) is 2.42. The third kappa shape index (κ3) is 5.77. The molecule has 9 heteroatoms. The third-order valence-corrected chi connectivity index (χ3v) is 3.99. The molecule has 2 rings (SSSR count). The summed E-state index contributed by atoms with van der Waals surface area (Å²) in [6.07, 6.45) is -4.74. The van der Waals surface area contributed by atoms with E-state index in [0.717, 1.165) is 12.1 Å². The molecule has 0 saturated heterocycles. The summed E-state index contributed by atoms with van der Waals surface area (Å²) in [7, 11) is 0. The van der Waals surface area contributed by atoms with Crippen LogP contribution in [0, 0.1) is 5.82 Å². The predicted octanol–water partition coefficient (Wildman–Crippen LogP) is 4.97. The van der Waals surface area contributed by atoms with Crippen molar-refractivity contribution in [3.05, 3.63) is 52.8 Å². The van der Waals surface area contributed by atoms with Crippen LogP contribution < -0.4 is 19.5 Å².